The standard InChI is InChI=1S/C12H25N3O/c1-3-6-11(13)12(16)14(2)9-10-15-7-4-5-8-15/h11H,3-10,13H2,1-2H3. The van der Waals surface area contributed by atoms with Gasteiger partial charge in [-0.25, -0.2) is 0 Å². The van der Waals surface area contributed by atoms with E-state index in [1.807, 2.05) is 7.05 Å². The van der Waals surface area contributed by atoms with E-state index in [4.69, 9.17) is 5.73 Å². The molecule has 1 atom stereocenters. The first-order chi connectivity index (χ1) is 7.65. The van der Waals surface area contributed by atoms with Crippen LogP contribution in [0.5, 0.6) is 0 Å². The molecule has 16 heavy (non-hydrogen) atoms. The summed E-state index contributed by atoms with van der Waals surface area (Å²) in [6.07, 6.45) is 4.35. The van der Waals surface area contributed by atoms with Crippen LogP contribution in [0.4, 0.5) is 0 Å². The number of nitrogens with two attached hydrogens (primary N) is 1. The van der Waals surface area contributed by atoms with E-state index in [0.29, 0.717) is 0 Å². The van der Waals surface area contributed by atoms with Gasteiger partial charge < -0.3 is 15.5 Å². The SMILES string of the molecule is CCCC(N)C(=O)N(C)CCN1CCCC1. The lowest BCUT2D eigenvalue weighted by Gasteiger charge is -2.24. The zero-order valence-corrected chi connectivity index (χ0v) is 10.6. The number of likely N-dealkylation sites (tertiary alicyclic amines) is 1. The molecule has 94 valence electrons. The van der Waals surface area contributed by atoms with Gasteiger partial charge in [0.2, 0.25) is 5.91 Å². The molecule has 1 aliphatic rings. The molecule has 1 saturated heterocycles. The van der Waals surface area contributed by atoms with Gasteiger partial charge in [0.25, 0.3) is 0 Å². The van der Waals surface area contributed by atoms with Crippen LogP contribution in [0.3, 0.4) is 0 Å². The van der Waals surface area contributed by atoms with Crippen LogP contribution in [0.15, 0.2) is 0 Å². The van der Waals surface area contributed by atoms with Crippen LogP contribution in [0, 0.1) is 0 Å². The Morgan fingerprint density at radius 1 is 1.44 bits per heavy atom. The van der Waals surface area contributed by atoms with Crippen molar-refractivity contribution in [1.82, 2.24) is 9.80 Å². The van der Waals surface area contributed by atoms with Gasteiger partial charge in [0.15, 0.2) is 0 Å². The average molecular weight is 227 g/mol. The first kappa shape index (κ1) is 13.5. The Labute approximate surface area is 98.8 Å². The molecule has 1 heterocycles. The lowest BCUT2D eigenvalue weighted by atomic mass is 10.1. The summed E-state index contributed by atoms with van der Waals surface area (Å²) in [6.45, 7) is 6.21. The number of amides is 1. The minimum atomic E-state index is -0.312. The third-order valence-electron chi connectivity index (χ3n) is 3.24. The van der Waals surface area contributed by atoms with E-state index in [1.165, 1.54) is 25.9 Å². The van der Waals surface area contributed by atoms with E-state index in [-0.39, 0.29) is 11.9 Å². The Morgan fingerprint density at radius 3 is 2.62 bits per heavy atom. The molecule has 1 rings (SSSR count). The Hall–Kier alpha value is -0.610. The molecule has 2 N–H and O–H groups in total. The van der Waals surface area contributed by atoms with Crippen molar-refractivity contribution in [3.8, 4) is 0 Å². The van der Waals surface area contributed by atoms with Crippen LogP contribution < -0.4 is 5.73 Å². The molecule has 4 nitrogen and oxygen atoms in total. The van der Waals surface area contributed by atoms with Crippen LogP contribution in [-0.2, 0) is 4.79 Å². The fourth-order valence-electron chi connectivity index (χ4n) is 2.13. The van der Waals surface area contributed by atoms with Gasteiger partial charge in [0, 0.05) is 20.1 Å². The van der Waals surface area contributed by atoms with Crippen molar-refractivity contribution in [1.29, 1.82) is 0 Å². The molecular weight excluding hydrogens is 202 g/mol. The van der Waals surface area contributed by atoms with E-state index in [2.05, 4.69) is 11.8 Å². The number of carbonyl (C=O) groups excluding carboxylic acids is 1. The highest BCUT2D eigenvalue weighted by atomic mass is 16.2. The van der Waals surface area contributed by atoms with Crippen molar-refractivity contribution in [2.45, 2.75) is 38.6 Å². The summed E-state index contributed by atoms with van der Waals surface area (Å²) in [5.41, 5.74) is 5.81. The number of likely N-dealkylation sites (N-methyl/N-ethyl adjacent to an activating group) is 1. The zero-order chi connectivity index (χ0) is 12.0. The number of hydrogen-bond donors (Lipinski definition) is 1. The summed E-state index contributed by atoms with van der Waals surface area (Å²) >= 11 is 0. The van der Waals surface area contributed by atoms with Gasteiger partial charge >= 0.3 is 0 Å². The predicted molar refractivity (Wildman–Crippen MR) is 66.2 cm³/mol. The van der Waals surface area contributed by atoms with Crippen molar-refractivity contribution in [3.63, 3.8) is 0 Å². The summed E-state index contributed by atoms with van der Waals surface area (Å²) in [5.74, 6) is 0.0843. The van der Waals surface area contributed by atoms with Gasteiger partial charge in [0.05, 0.1) is 6.04 Å². The second-order valence-corrected chi connectivity index (χ2v) is 4.70. The van der Waals surface area contributed by atoms with E-state index in [0.717, 1.165) is 25.9 Å². The van der Waals surface area contributed by atoms with Crippen LogP contribution in [0.1, 0.15) is 32.6 Å². The first-order valence-electron chi connectivity index (χ1n) is 6.38. The first-order valence-corrected chi connectivity index (χ1v) is 6.38. The molecule has 0 bridgehead atoms. The maximum absolute atomic E-state index is 11.8. The molecule has 1 aliphatic heterocycles. The third-order valence-corrected chi connectivity index (χ3v) is 3.24. The smallest absolute Gasteiger partial charge is 0.239 e. The summed E-state index contributed by atoms with van der Waals surface area (Å²) in [4.78, 5) is 16.0. The van der Waals surface area contributed by atoms with E-state index >= 15 is 0 Å². The highest BCUT2D eigenvalue weighted by Gasteiger charge is 2.18. The molecular formula is C12H25N3O. The molecule has 0 radical (unpaired) electrons. The van der Waals surface area contributed by atoms with Gasteiger partial charge in [0.1, 0.15) is 0 Å². The van der Waals surface area contributed by atoms with Gasteiger partial charge in [-0.05, 0) is 32.4 Å². The second kappa shape index (κ2) is 6.86. The van der Waals surface area contributed by atoms with Crippen molar-refractivity contribution in [3.05, 3.63) is 0 Å². The lowest BCUT2D eigenvalue weighted by Crippen LogP contribution is -2.44. The maximum atomic E-state index is 11.8. The lowest BCUT2D eigenvalue weighted by molar-refractivity contribution is -0.131. The van der Waals surface area contributed by atoms with Gasteiger partial charge in [-0.15, -0.1) is 0 Å². The van der Waals surface area contributed by atoms with Gasteiger partial charge in [-0.3, -0.25) is 4.79 Å². The Balaban J connectivity index is 2.22. The van der Waals surface area contributed by atoms with E-state index < -0.39 is 0 Å². The molecule has 4 heteroatoms. The average Bonchev–Trinajstić information content (AvgIpc) is 2.78. The summed E-state index contributed by atoms with van der Waals surface area (Å²) in [5, 5.41) is 0. The highest BCUT2D eigenvalue weighted by Crippen LogP contribution is 2.07. The monoisotopic (exact) mass is 227 g/mol. The van der Waals surface area contributed by atoms with Crippen LogP contribution in [0.25, 0.3) is 0 Å². The normalized spacial score (nSPS) is 18.7. The van der Waals surface area contributed by atoms with Crippen LogP contribution >= 0.6 is 0 Å². The molecule has 0 aromatic carbocycles. The minimum absolute atomic E-state index is 0.0843. The van der Waals surface area contributed by atoms with Crippen molar-refractivity contribution >= 4 is 5.91 Å². The molecule has 0 spiro atoms. The Bertz CT molecular complexity index is 214. The van der Waals surface area contributed by atoms with Gasteiger partial charge in [-0.2, -0.15) is 0 Å². The van der Waals surface area contributed by atoms with Crippen molar-refractivity contribution in [2.75, 3.05) is 33.2 Å². The maximum Gasteiger partial charge on any atom is 0.239 e. The molecule has 0 aromatic rings. The van der Waals surface area contributed by atoms with Crippen molar-refractivity contribution < 1.29 is 4.79 Å². The Kier molecular flexibility index (Phi) is 5.77. The number of rotatable bonds is 6. The summed E-state index contributed by atoms with van der Waals surface area (Å²) < 4.78 is 0. The van der Waals surface area contributed by atoms with Crippen LogP contribution in [0.2, 0.25) is 0 Å². The quantitative estimate of drug-likeness (QED) is 0.725. The fourth-order valence-corrected chi connectivity index (χ4v) is 2.13. The number of carbonyl (C=O) groups is 1. The van der Waals surface area contributed by atoms with Crippen LogP contribution in [-0.4, -0.2) is 55.0 Å². The molecule has 1 fully saturated rings. The third kappa shape index (κ3) is 4.10. The Morgan fingerprint density at radius 2 is 2.06 bits per heavy atom. The van der Waals surface area contributed by atoms with E-state index in [1.54, 1.807) is 4.90 Å². The fraction of sp³-hybridized carbons (Fsp3) is 0.917. The summed E-state index contributed by atoms with van der Waals surface area (Å²) in [7, 11) is 1.86. The van der Waals surface area contributed by atoms with Gasteiger partial charge in [-0.1, -0.05) is 13.3 Å². The molecule has 0 aromatic heterocycles. The highest BCUT2D eigenvalue weighted by molar-refractivity contribution is 5.81. The molecule has 0 saturated carbocycles. The number of nitrogens with zero attached hydrogens (tertiary/aromatic N) is 2. The van der Waals surface area contributed by atoms with Crippen molar-refractivity contribution in [2.24, 2.45) is 5.73 Å². The predicted octanol–water partition coefficient (Wildman–Crippen LogP) is 0.668. The largest absolute Gasteiger partial charge is 0.343 e. The zero-order valence-electron chi connectivity index (χ0n) is 10.6. The van der Waals surface area contributed by atoms with E-state index in [9.17, 15) is 4.79 Å². The summed E-state index contributed by atoms with van der Waals surface area (Å²) in [6, 6.07) is -0.312. The number of hydrogen-bond acceptors (Lipinski definition) is 3. The molecule has 1 unspecified atom stereocenters. The molecule has 0 aliphatic carbocycles. The second-order valence-electron chi connectivity index (χ2n) is 4.70. The topological polar surface area (TPSA) is 49.6 Å². The minimum Gasteiger partial charge on any atom is -0.343 e. The molecule has 1 amide bonds.